The summed E-state index contributed by atoms with van der Waals surface area (Å²) in [5.74, 6) is 0.882. The summed E-state index contributed by atoms with van der Waals surface area (Å²) < 4.78 is 1.76. The van der Waals surface area contributed by atoms with Gasteiger partial charge in [0.1, 0.15) is 12.2 Å². The van der Waals surface area contributed by atoms with Crippen molar-refractivity contribution in [3.8, 4) is 0 Å². The summed E-state index contributed by atoms with van der Waals surface area (Å²) in [5, 5.41) is 6.04. The maximum Gasteiger partial charge on any atom is 0.180 e. The van der Waals surface area contributed by atoms with Crippen LogP contribution in [0.3, 0.4) is 0 Å². The fourth-order valence-corrected chi connectivity index (χ4v) is 2.71. The van der Waals surface area contributed by atoms with Gasteiger partial charge in [0.05, 0.1) is 11.3 Å². The second kappa shape index (κ2) is 5.23. The topological polar surface area (TPSA) is 47.8 Å². The van der Waals surface area contributed by atoms with Gasteiger partial charge >= 0.3 is 0 Å². The van der Waals surface area contributed by atoms with Gasteiger partial charge < -0.3 is 0 Å². The van der Waals surface area contributed by atoms with E-state index in [1.165, 1.54) is 17.7 Å². The number of hydrogen-bond acceptors (Lipinski definition) is 4. The van der Waals surface area contributed by atoms with Gasteiger partial charge in [0, 0.05) is 6.54 Å². The summed E-state index contributed by atoms with van der Waals surface area (Å²) in [6.07, 6.45) is 2.73. The molecule has 0 atom stereocenters. The summed E-state index contributed by atoms with van der Waals surface area (Å²) in [7, 11) is 0. The third kappa shape index (κ3) is 2.44. The molecule has 0 radical (unpaired) electrons. The second-order valence-corrected chi connectivity index (χ2v) is 4.64. The van der Waals surface area contributed by atoms with E-state index in [4.69, 9.17) is 0 Å². The number of ketones is 1. The summed E-state index contributed by atoms with van der Waals surface area (Å²) in [6, 6.07) is 2.02. The van der Waals surface area contributed by atoms with Crippen LogP contribution in [-0.2, 0) is 19.4 Å². The standard InChI is InChI=1S/C12H15N3OS/c1-3-9-5-6-17-12(9)10(16)7-11-13-8-14-15(11)4-2/h5-6,8H,3-4,7H2,1-2H3. The van der Waals surface area contributed by atoms with Crippen LogP contribution in [0.25, 0.3) is 0 Å². The normalized spacial score (nSPS) is 10.7. The van der Waals surface area contributed by atoms with E-state index >= 15 is 0 Å². The Morgan fingerprint density at radius 1 is 1.47 bits per heavy atom. The Morgan fingerprint density at radius 3 is 3.00 bits per heavy atom. The highest BCUT2D eigenvalue weighted by molar-refractivity contribution is 7.12. The van der Waals surface area contributed by atoms with E-state index < -0.39 is 0 Å². The average molecular weight is 249 g/mol. The number of thiophene rings is 1. The van der Waals surface area contributed by atoms with Gasteiger partial charge in [0.15, 0.2) is 5.78 Å². The van der Waals surface area contributed by atoms with Gasteiger partial charge in [-0.2, -0.15) is 5.10 Å². The van der Waals surface area contributed by atoms with E-state index in [-0.39, 0.29) is 5.78 Å². The third-order valence-corrected chi connectivity index (χ3v) is 3.69. The van der Waals surface area contributed by atoms with Gasteiger partial charge in [-0.1, -0.05) is 6.92 Å². The van der Waals surface area contributed by atoms with Crippen LogP contribution in [-0.4, -0.2) is 20.5 Å². The van der Waals surface area contributed by atoms with Crippen LogP contribution in [0.5, 0.6) is 0 Å². The predicted molar refractivity (Wildman–Crippen MR) is 67.4 cm³/mol. The first kappa shape index (κ1) is 12.0. The van der Waals surface area contributed by atoms with Crippen molar-refractivity contribution in [1.29, 1.82) is 0 Å². The smallest absolute Gasteiger partial charge is 0.180 e. The minimum atomic E-state index is 0.138. The molecule has 90 valence electrons. The number of aromatic nitrogens is 3. The van der Waals surface area contributed by atoms with Crippen LogP contribution < -0.4 is 0 Å². The molecule has 2 heterocycles. The Labute approximate surface area is 104 Å². The Bertz CT molecular complexity index is 515. The van der Waals surface area contributed by atoms with Crippen LogP contribution in [0.2, 0.25) is 0 Å². The minimum absolute atomic E-state index is 0.138. The van der Waals surface area contributed by atoms with Crippen molar-refractivity contribution in [2.24, 2.45) is 0 Å². The molecule has 0 aliphatic heterocycles. The SMILES string of the molecule is CCc1ccsc1C(=O)Cc1ncnn1CC. The third-order valence-electron chi connectivity index (χ3n) is 2.69. The van der Waals surface area contributed by atoms with E-state index in [1.807, 2.05) is 18.4 Å². The number of rotatable bonds is 5. The van der Waals surface area contributed by atoms with Gasteiger partial charge in [-0.25, -0.2) is 9.67 Å². The monoisotopic (exact) mass is 249 g/mol. The maximum absolute atomic E-state index is 12.2. The average Bonchev–Trinajstić information content (AvgIpc) is 2.96. The first-order valence-corrected chi connectivity index (χ1v) is 6.60. The molecule has 0 spiro atoms. The van der Waals surface area contributed by atoms with Crippen LogP contribution in [0.4, 0.5) is 0 Å². The molecule has 0 unspecified atom stereocenters. The summed E-state index contributed by atoms with van der Waals surface area (Å²) >= 11 is 1.51. The largest absolute Gasteiger partial charge is 0.293 e. The zero-order chi connectivity index (χ0) is 12.3. The molecule has 0 bridgehead atoms. The Hall–Kier alpha value is -1.49. The predicted octanol–water partition coefficient (Wildman–Crippen LogP) is 2.35. The first-order valence-electron chi connectivity index (χ1n) is 5.72. The lowest BCUT2D eigenvalue weighted by Gasteiger charge is -2.02. The molecule has 2 aromatic rings. The van der Waals surface area contributed by atoms with Gasteiger partial charge in [-0.15, -0.1) is 11.3 Å². The lowest BCUT2D eigenvalue weighted by molar-refractivity contribution is 0.0992. The number of carbonyl (C=O) groups excluding carboxylic acids is 1. The zero-order valence-corrected chi connectivity index (χ0v) is 10.8. The van der Waals surface area contributed by atoms with Crippen LogP contribution in [0.1, 0.15) is 34.9 Å². The molecule has 0 saturated heterocycles. The highest BCUT2D eigenvalue weighted by Crippen LogP contribution is 2.19. The van der Waals surface area contributed by atoms with E-state index in [2.05, 4.69) is 17.0 Å². The minimum Gasteiger partial charge on any atom is -0.293 e. The molecule has 2 rings (SSSR count). The molecule has 0 aromatic carbocycles. The molecule has 0 N–H and O–H groups in total. The van der Waals surface area contributed by atoms with Crippen molar-refractivity contribution in [3.05, 3.63) is 34.0 Å². The van der Waals surface area contributed by atoms with Gasteiger partial charge in [-0.05, 0) is 30.4 Å². The van der Waals surface area contributed by atoms with Crippen molar-refractivity contribution in [2.75, 3.05) is 0 Å². The van der Waals surface area contributed by atoms with Crippen LogP contribution >= 0.6 is 11.3 Å². The number of carbonyl (C=O) groups is 1. The van der Waals surface area contributed by atoms with Crippen molar-refractivity contribution in [3.63, 3.8) is 0 Å². The highest BCUT2D eigenvalue weighted by atomic mass is 32.1. The Balaban J connectivity index is 2.17. The van der Waals surface area contributed by atoms with Crippen molar-refractivity contribution in [1.82, 2.24) is 14.8 Å². The summed E-state index contributed by atoms with van der Waals surface area (Å²) in [5.41, 5.74) is 1.13. The second-order valence-electron chi connectivity index (χ2n) is 3.72. The maximum atomic E-state index is 12.2. The van der Waals surface area contributed by atoms with Crippen LogP contribution in [0, 0.1) is 0 Å². The highest BCUT2D eigenvalue weighted by Gasteiger charge is 2.15. The number of aryl methyl sites for hydroxylation is 2. The van der Waals surface area contributed by atoms with E-state index in [9.17, 15) is 4.79 Å². The molecule has 0 aliphatic carbocycles. The lowest BCUT2D eigenvalue weighted by Crippen LogP contribution is -2.10. The molecular formula is C12H15N3OS. The van der Waals surface area contributed by atoms with Gasteiger partial charge in [0.2, 0.25) is 0 Å². The van der Waals surface area contributed by atoms with Gasteiger partial charge in [0.25, 0.3) is 0 Å². The number of hydrogen-bond donors (Lipinski definition) is 0. The zero-order valence-electron chi connectivity index (χ0n) is 10.0. The Kier molecular flexibility index (Phi) is 3.68. The van der Waals surface area contributed by atoms with Crippen molar-refractivity contribution >= 4 is 17.1 Å². The number of Topliss-reactive ketones (excluding diaryl/α,β-unsaturated/α-hetero) is 1. The molecule has 4 nitrogen and oxygen atoms in total. The molecule has 0 amide bonds. The first-order chi connectivity index (χ1) is 8.26. The van der Waals surface area contributed by atoms with Gasteiger partial charge in [-0.3, -0.25) is 4.79 Å². The van der Waals surface area contributed by atoms with Crippen molar-refractivity contribution in [2.45, 2.75) is 33.2 Å². The summed E-state index contributed by atoms with van der Waals surface area (Å²) in [4.78, 5) is 17.1. The molecule has 0 fully saturated rings. The fourth-order valence-electron chi connectivity index (χ4n) is 1.77. The van der Waals surface area contributed by atoms with Crippen molar-refractivity contribution < 1.29 is 4.79 Å². The molecule has 0 aliphatic rings. The molecule has 0 saturated carbocycles. The molecule has 5 heteroatoms. The van der Waals surface area contributed by atoms with E-state index in [0.29, 0.717) is 6.42 Å². The molecular weight excluding hydrogens is 234 g/mol. The fraction of sp³-hybridized carbons (Fsp3) is 0.417. The molecule has 17 heavy (non-hydrogen) atoms. The quantitative estimate of drug-likeness (QED) is 0.764. The van der Waals surface area contributed by atoms with Crippen LogP contribution in [0.15, 0.2) is 17.8 Å². The van der Waals surface area contributed by atoms with E-state index in [1.54, 1.807) is 4.68 Å². The summed E-state index contributed by atoms with van der Waals surface area (Å²) in [6.45, 7) is 4.80. The lowest BCUT2D eigenvalue weighted by atomic mass is 10.1. The molecule has 2 aromatic heterocycles. The number of nitrogens with zero attached hydrogens (tertiary/aromatic N) is 3. The van der Waals surface area contributed by atoms with E-state index in [0.717, 1.165) is 29.2 Å². The Morgan fingerprint density at radius 2 is 2.29 bits per heavy atom.